The molecular formula is C23H28N2O4. The van der Waals surface area contributed by atoms with Gasteiger partial charge in [-0.15, -0.1) is 0 Å². The molecule has 0 saturated carbocycles. The molecule has 2 atom stereocenters. The first-order chi connectivity index (χ1) is 14.1. The molecule has 1 amide bonds. The van der Waals surface area contributed by atoms with Crippen LogP contribution in [0.3, 0.4) is 0 Å². The molecule has 0 unspecified atom stereocenters. The average Bonchev–Trinajstić information content (AvgIpc) is 2.97. The number of nitrogens with zero attached hydrogens (tertiary/aromatic N) is 1. The summed E-state index contributed by atoms with van der Waals surface area (Å²) in [4.78, 5) is 14.8. The third kappa shape index (κ3) is 3.95. The number of methoxy groups -OCH3 is 2. The monoisotopic (exact) mass is 396 g/mol. The Balaban J connectivity index is 1.64. The number of benzene rings is 2. The van der Waals surface area contributed by atoms with Crippen LogP contribution >= 0.6 is 0 Å². The molecule has 1 N–H and O–H groups in total. The predicted molar refractivity (Wildman–Crippen MR) is 110 cm³/mol. The molecule has 2 aromatic carbocycles. The van der Waals surface area contributed by atoms with Crippen LogP contribution in [0.4, 0.5) is 0 Å². The van der Waals surface area contributed by atoms with Crippen molar-refractivity contribution < 1.29 is 19.0 Å². The molecular weight excluding hydrogens is 368 g/mol. The number of para-hydroxylation sites is 1. The molecule has 2 heterocycles. The second kappa shape index (κ2) is 8.43. The maximum atomic E-state index is 12.4. The smallest absolute Gasteiger partial charge is 0.222 e. The maximum absolute atomic E-state index is 12.4. The predicted octanol–water partition coefficient (Wildman–Crippen LogP) is 2.58. The number of rotatable bonds is 5. The van der Waals surface area contributed by atoms with Gasteiger partial charge in [-0.1, -0.05) is 42.5 Å². The largest absolute Gasteiger partial charge is 0.493 e. The highest BCUT2D eigenvalue weighted by Crippen LogP contribution is 2.39. The van der Waals surface area contributed by atoms with Crippen LogP contribution in [0.2, 0.25) is 0 Å². The number of likely N-dealkylation sites (tertiary alicyclic amines) is 1. The van der Waals surface area contributed by atoms with Gasteiger partial charge in [0.2, 0.25) is 5.91 Å². The van der Waals surface area contributed by atoms with E-state index < -0.39 is 5.54 Å². The minimum atomic E-state index is -0.430. The molecule has 2 saturated heterocycles. The van der Waals surface area contributed by atoms with Crippen molar-refractivity contribution in [2.75, 3.05) is 40.5 Å². The van der Waals surface area contributed by atoms with Crippen molar-refractivity contribution in [2.45, 2.75) is 24.4 Å². The summed E-state index contributed by atoms with van der Waals surface area (Å²) in [5, 5.41) is 3.31. The normalized spacial score (nSPS) is 24.9. The maximum Gasteiger partial charge on any atom is 0.222 e. The van der Waals surface area contributed by atoms with Crippen molar-refractivity contribution in [3.63, 3.8) is 0 Å². The first-order valence-electron chi connectivity index (χ1n) is 10.0. The Bertz CT molecular complexity index is 857. The Labute approximate surface area is 171 Å². The fraction of sp³-hybridized carbons (Fsp3) is 0.435. The quantitative estimate of drug-likeness (QED) is 0.842. The molecule has 2 aliphatic rings. The van der Waals surface area contributed by atoms with E-state index in [-0.39, 0.29) is 11.8 Å². The fourth-order valence-electron chi connectivity index (χ4n) is 4.62. The van der Waals surface area contributed by atoms with Crippen LogP contribution in [0.1, 0.15) is 23.5 Å². The van der Waals surface area contributed by atoms with E-state index in [4.69, 9.17) is 14.2 Å². The van der Waals surface area contributed by atoms with Crippen molar-refractivity contribution in [3.05, 3.63) is 59.7 Å². The van der Waals surface area contributed by atoms with Crippen molar-refractivity contribution in [2.24, 2.45) is 0 Å². The van der Waals surface area contributed by atoms with Crippen LogP contribution in [0.15, 0.2) is 48.5 Å². The van der Waals surface area contributed by atoms with Gasteiger partial charge in [0, 0.05) is 37.5 Å². The fourth-order valence-corrected chi connectivity index (χ4v) is 4.62. The van der Waals surface area contributed by atoms with Crippen molar-refractivity contribution in [1.82, 2.24) is 10.2 Å². The van der Waals surface area contributed by atoms with Gasteiger partial charge in [0.15, 0.2) is 11.5 Å². The van der Waals surface area contributed by atoms with E-state index in [0.29, 0.717) is 26.2 Å². The van der Waals surface area contributed by atoms with Crippen LogP contribution in [-0.4, -0.2) is 56.9 Å². The van der Waals surface area contributed by atoms with Gasteiger partial charge < -0.3 is 19.5 Å². The van der Waals surface area contributed by atoms with E-state index in [2.05, 4.69) is 40.5 Å². The Kier molecular flexibility index (Phi) is 5.74. The highest BCUT2D eigenvalue weighted by atomic mass is 16.5. The van der Waals surface area contributed by atoms with Gasteiger partial charge in [0.1, 0.15) is 0 Å². The molecule has 0 aliphatic carbocycles. The lowest BCUT2D eigenvalue weighted by Gasteiger charge is -2.34. The number of hydrogen-bond donors (Lipinski definition) is 1. The molecule has 4 rings (SSSR count). The Hall–Kier alpha value is -2.57. The molecule has 2 aromatic rings. The SMILES string of the molecule is COc1cccc(CN2C[C@@H](c3ccccc3)[C@@]3(COCCC(=O)N3)C2)c1OC. The van der Waals surface area contributed by atoms with E-state index in [1.54, 1.807) is 14.2 Å². The standard InChI is InChI=1S/C23H28N2O4/c1-27-20-10-6-9-18(22(20)28-2)13-25-14-19(17-7-4-3-5-8-17)23(15-25)16-29-12-11-21(26)24-23/h3-10,19H,11-16H2,1-2H3,(H,24,26)/t19-,23-/m0/s1. The van der Waals surface area contributed by atoms with Crippen molar-refractivity contribution in [3.8, 4) is 11.5 Å². The molecule has 1 spiro atoms. The molecule has 0 aromatic heterocycles. The molecule has 154 valence electrons. The van der Waals surface area contributed by atoms with Gasteiger partial charge >= 0.3 is 0 Å². The molecule has 0 radical (unpaired) electrons. The molecule has 2 fully saturated rings. The summed E-state index contributed by atoms with van der Waals surface area (Å²) in [6, 6.07) is 16.3. The zero-order valence-corrected chi connectivity index (χ0v) is 17.0. The van der Waals surface area contributed by atoms with Gasteiger partial charge in [0.05, 0.1) is 33.0 Å². The lowest BCUT2D eigenvalue weighted by molar-refractivity contribution is -0.122. The Morgan fingerprint density at radius 3 is 2.72 bits per heavy atom. The summed E-state index contributed by atoms with van der Waals surface area (Å²) in [6.45, 7) is 3.25. The summed E-state index contributed by atoms with van der Waals surface area (Å²) in [6.07, 6.45) is 0.410. The van der Waals surface area contributed by atoms with Crippen LogP contribution in [0.5, 0.6) is 11.5 Å². The van der Waals surface area contributed by atoms with E-state index in [1.165, 1.54) is 5.56 Å². The van der Waals surface area contributed by atoms with Crippen LogP contribution in [0, 0.1) is 0 Å². The number of amides is 1. The number of carbonyl (C=O) groups excluding carboxylic acids is 1. The van der Waals surface area contributed by atoms with Gasteiger partial charge in [-0.05, 0) is 11.6 Å². The number of hydrogen-bond acceptors (Lipinski definition) is 5. The molecule has 6 nitrogen and oxygen atoms in total. The van der Waals surface area contributed by atoms with Gasteiger partial charge in [-0.25, -0.2) is 0 Å². The number of nitrogens with one attached hydrogen (secondary N) is 1. The molecule has 2 aliphatic heterocycles. The van der Waals surface area contributed by atoms with Crippen LogP contribution in [0.25, 0.3) is 0 Å². The van der Waals surface area contributed by atoms with Crippen LogP contribution < -0.4 is 14.8 Å². The topological polar surface area (TPSA) is 60.0 Å². The number of ether oxygens (including phenoxy) is 3. The van der Waals surface area contributed by atoms with Crippen molar-refractivity contribution in [1.29, 1.82) is 0 Å². The highest BCUT2D eigenvalue weighted by Gasteiger charge is 2.49. The highest BCUT2D eigenvalue weighted by molar-refractivity contribution is 5.77. The third-order valence-electron chi connectivity index (χ3n) is 5.92. The first-order valence-corrected chi connectivity index (χ1v) is 10.0. The second-order valence-electron chi connectivity index (χ2n) is 7.79. The van der Waals surface area contributed by atoms with Crippen LogP contribution in [-0.2, 0) is 16.1 Å². The average molecular weight is 396 g/mol. The van der Waals surface area contributed by atoms with E-state index >= 15 is 0 Å². The van der Waals surface area contributed by atoms with Gasteiger partial charge in [-0.3, -0.25) is 9.69 Å². The lowest BCUT2D eigenvalue weighted by Crippen LogP contribution is -2.55. The summed E-state index contributed by atoms with van der Waals surface area (Å²) in [5.41, 5.74) is 1.86. The zero-order chi connectivity index (χ0) is 20.3. The minimum absolute atomic E-state index is 0.0595. The summed E-state index contributed by atoms with van der Waals surface area (Å²) >= 11 is 0. The van der Waals surface area contributed by atoms with Gasteiger partial charge in [-0.2, -0.15) is 0 Å². The van der Waals surface area contributed by atoms with Crippen molar-refractivity contribution >= 4 is 5.91 Å². The number of carbonyl (C=O) groups is 1. The lowest BCUT2D eigenvalue weighted by atomic mass is 9.82. The molecule has 29 heavy (non-hydrogen) atoms. The van der Waals surface area contributed by atoms with Gasteiger partial charge in [0.25, 0.3) is 0 Å². The third-order valence-corrected chi connectivity index (χ3v) is 5.92. The first kappa shape index (κ1) is 19.7. The molecule has 6 heteroatoms. The summed E-state index contributed by atoms with van der Waals surface area (Å²) < 4.78 is 16.9. The van der Waals surface area contributed by atoms with E-state index in [0.717, 1.165) is 30.2 Å². The minimum Gasteiger partial charge on any atom is -0.493 e. The van der Waals surface area contributed by atoms with E-state index in [9.17, 15) is 4.79 Å². The Morgan fingerprint density at radius 2 is 1.97 bits per heavy atom. The summed E-state index contributed by atoms with van der Waals surface area (Å²) in [7, 11) is 3.31. The zero-order valence-electron chi connectivity index (χ0n) is 17.0. The van der Waals surface area contributed by atoms with E-state index in [1.807, 2.05) is 18.2 Å². The molecule has 0 bridgehead atoms. The summed E-state index contributed by atoms with van der Waals surface area (Å²) in [5.74, 6) is 1.70. The Morgan fingerprint density at radius 1 is 1.14 bits per heavy atom. The second-order valence-corrected chi connectivity index (χ2v) is 7.79.